The van der Waals surface area contributed by atoms with Gasteiger partial charge in [0, 0.05) is 16.6 Å². The van der Waals surface area contributed by atoms with Gasteiger partial charge in [0.1, 0.15) is 5.82 Å². The second-order valence-electron chi connectivity index (χ2n) is 5.42. The van der Waals surface area contributed by atoms with Gasteiger partial charge in [0.05, 0.1) is 5.69 Å². The zero-order valence-corrected chi connectivity index (χ0v) is 13.6. The molecule has 0 bridgehead atoms. The van der Waals surface area contributed by atoms with Gasteiger partial charge in [-0.25, -0.2) is 9.37 Å². The van der Waals surface area contributed by atoms with Crippen LogP contribution in [-0.4, -0.2) is 4.98 Å². The number of hydrogen-bond acceptors (Lipinski definition) is 3. The molecule has 3 rings (SSSR count). The Bertz CT molecular complexity index is 806. The smallest absolute Gasteiger partial charge is 0.187 e. The number of halogens is 1. The largest absolute Gasteiger partial charge is 0.332 e. The monoisotopic (exact) mass is 312 g/mol. The van der Waals surface area contributed by atoms with Crippen LogP contribution in [0, 0.1) is 26.6 Å². The molecule has 1 heterocycles. The Labute approximate surface area is 133 Å². The summed E-state index contributed by atoms with van der Waals surface area (Å²) in [5.74, 6) is -0.240. The van der Waals surface area contributed by atoms with Crippen LogP contribution in [0.15, 0.2) is 41.8 Å². The fourth-order valence-electron chi connectivity index (χ4n) is 2.35. The Morgan fingerprint density at radius 1 is 0.955 bits per heavy atom. The van der Waals surface area contributed by atoms with Crippen LogP contribution < -0.4 is 5.32 Å². The number of anilines is 2. The van der Waals surface area contributed by atoms with E-state index in [2.05, 4.69) is 43.2 Å². The third kappa shape index (κ3) is 3.02. The first-order valence-electron chi connectivity index (χ1n) is 7.09. The van der Waals surface area contributed by atoms with Gasteiger partial charge in [0.25, 0.3) is 0 Å². The lowest BCUT2D eigenvalue weighted by Gasteiger charge is -2.07. The first-order valence-corrected chi connectivity index (χ1v) is 7.97. The van der Waals surface area contributed by atoms with Gasteiger partial charge >= 0.3 is 0 Å². The van der Waals surface area contributed by atoms with E-state index < -0.39 is 0 Å². The lowest BCUT2D eigenvalue weighted by molar-refractivity contribution is 0.628. The van der Waals surface area contributed by atoms with Gasteiger partial charge < -0.3 is 5.32 Å². The molecule has 4 heteroatoms. The molecule has 0 unspecified atom stereocenters. The minimum Gasteiger partial charge on any atom is -0.332 e. The molecule has 0 saturated heterocycles. The van der Waals surface area contributed by atoms with E-state index in [4.69, 9.17) is 0 Å². The maximum absolute atomic E-state index is 12.9. The van der Waals surface area contributed by atoms with Crippen LogP contribution in [0.1, 0.15) is 16.7 Å². The lowest BCUT2D eigenvalue weighted by Crippen LogP contribution is -1.91. The highest BCUT2D eigenvalue weighted by Crippen LogP contribution is 2.30. The number of aromatic nitrogens is 1. The first kappa shape index (κ1) is 14.7. The van der Waals surface area contributed by atoms with Crippen molar-refractivity contribution in [3.05, 3.63) is 64.3 Å². The molecule has 3 aromatic rings. The zero-order chi connectivity index (χ0) is 15.7. The van der Waals surface area contributed by atoms with Crippen molar-refractivity contribution in [2.45, 2.75) is 20.8 Å². The number of hydrogen-bond donors (Lipinski definition) is 1. The zero-order valence-electron chi connectivity index (χ0n) is 12.8. The van der Waals surface area contributed by atoms with Crippen molar-refractivity contribution in [2.24, 2.45) is 0 Å². The summed E-state index contributed by atoms with van der Waals surface area (Å²) in [6.45, 7) is 6.34. The van der Waals surface area contributed by atoms with Crippen LogP contribution in [0.4, 0.5) is 15.2 Å². The summed E-state index contributed by atoms with van der Waals surface area (Å²) >= 11 is 1.55. The molecule has 1 N–H and O–H groups in total. The average molecular weight is 312 g/mol. The van der Waals surface area contributed by atoms with E-state index in [1.54, 1.807) is 23.5 Å². The van der Waals surface area contributed by atoms with Gasteiger partial charge in [-0.2, -0.15) is 0 Å². The highest BCUT2D eigenvalue weighted by molar-refractivity contribution is 7.14. The first-order chi connectivity index (χ1) is 10.5. The molecule has 1 aromatic heterocycles. The number of nitrogens with zero attached hydrogens (tertiary/aromatic N) is 1. The molecule has 0 atom stereocenters. The Hall–Kier alpha value is -2.20. The molecule has 0 aliphatic rings. The number of benzene rings is 2. The molecule has 0 fully saturated rings. The second-order valence-corrected chi connectivity index (χ2v) is 6.28. The minimum atomic E-state index is -0.240. The lowest BCUT2D eigenvalue weighted by atomic mass is 9.99. The molecule has 0 radical (unpaired) electrons. The van der Waals surface area contributed by atoms with Crippen LogP contribution in [0.25, 0.3) is 11.3 Å². The van der Waals surface area contributed by atoms with Crippen molar-refractivity contribution in [2.75, 3.05) is 5.32 Å². The van der Waals surface area contributed by atoms with Crippen molar-refractivity contribution in [3.8, 4) is 11.3 Å². The molecule has 0 amide bonds. The van der Waals surface area contributed by atoms with Crippen molar-refractivity contribution in [3.63, 3.8) is 0 Å². The maximum Gasteiger partial charge on any atom is 0.187 e. The van der Waals surface area contributed by atoms with Gasteiger partial charge in [0.2, 0.25) is 0 Å². The minimum absolute atomic E-state index is 0.240. The van der Waals surface area contributed by atoms with Crippen molar-refractivity contribution >= 4 is 22.2 Å². The van der Waals surface area contributed by atoms with Crippen molar-refractivity contribution in [1.29, 1.82) is 0 Å². The predicted molar refractivity (Wildman–Crippen MR) is 91.4 cm³/mol. The number of rotatable bonds is 3. The standard InChI is InChI=1S/C18H17FN2S/c1-11-8-13(3)16(9-12(11)2)17-10-22-18(21-17)20-15-6-4-14(19)5-7-15/h4-10H,1-3H3,(H,20,21). The van der Waals surface area contributed by atoms with Crippen LogP contribution >= 0.6 is 11.3 Å². The van der Waals surface area contributed by atoms with E-state index in [9.17, 15) is 4.39 Å². The van der Waals surface area contributed by atoms with Crippen LogP contribution in [0.2, 0.25) is 0 Å². The molecule has 2 nitrogen and oxygen atoms in total. The topological polar surface area (TPSA) is 24.9 Å². The maximum atomic E-state index is 12.9. The van der Waals surface area contributed by atoms with Gasteiger partial charge in [-0.1, -0.05) is 6.07 Å². The predicted octanol–water partition coefficient (Wildman–Crippen LogP) is 5.62. The van der Waals surface area contributed by atoms with Gasteiger partial charge in [-0.05, 0) is 67.8 Å². The van der Waals surface area contributed by atoms with Crippen molar-refractivity contribution < 1.29 is 4.39 Å². The van der Waals surface area contributed by atoms with E-state index in [1.165, 1.54) is 28.8 Å². The van der Waals surface area contributed by atoms with Gasteiger partial charge in [0.15, 0.2) is 5.13 Å². The molecule has 0 aliphatic heterocycles. The normalized spacial score (nSPS) is 10.7. The van der Waals surface area contributed by atoms with Crippen LogP contribution in [0.5, 0.6) is 0 Å². The van der Waals surface area contributed by atoms with Crippen molar-refractivity contribution in [1.82, 2.24) is 4.98 Å². The summed E-state index contributed by atoms with van der Waals surface area (Å²) in [6, 6.07) is 10.7. The average Bonchev–Trinajstić information content (AvgIpc) is 2.93. The Kier molecular flexibility index (Phi) is 3.94. The summed E-state index contributed by atoms with van der Waals surface area (Å²) in [5.41, 5.74) is 6.74. The number of aryl methyl sites for hydroxylation is 3. The number of thiazole rings is 1. The Morgan fingerprint density at radius 2 is 1.64 bits per heavy atom. The van der Waals surface area contributed by atoms with Gasteiger partial charge in [-0.15, -0.1) is 11.3 Å². The molecule has 22 heavy (non-hydrogen) atoms. The van der Waals surface area contributed by atoms with E-state index in [0.29, 0.717) is 0 Å². The highest BCUT2D eigenvalue weighted by atomic mass is 32.1. The van der Waals surface area contributed by atoms with E-state index in [0.717, 1.165) is 22.1 Å². The summed E-state index contributed by atoms with van der Waals surface area (Å²) in [7, 11) is 0. The second kappa shape index (κ2) is 5.89. The van der Waals surface area contributed by atoms with E-state index >= 15 is 0 Å². The highest BCUT2D eigenvalue weighted by Gasteiger charge is 2.09. The summed E-state index contributed by atoms with van der Waals surface area (Å²) in [5, 5.41) is 6.06. The third-order valence-electron chi connectivity index (χ3n) is 3.72. The third-order valence-corrected chi connectivity index (χ3v) is 4.47. The Balaban J connectivity index is 1.87. The molecular weight excluding hydrogens is 295 g/mol. The van der Waals surface area contributed by atoms with Crippen LogP contribution in [0.3, 0.4) is 0 Å². The fraction of sp³-hybridized carbons (Fsp3) is 0.167. The number of nitrogens with one attached hydrogen (secondary N) is 1. The SMILES string of the molecule is Cc1cc(C)c(-c2csc(Nc3ccc(F)cc3)n2)cc1C. The Morgan fingerprint density at radius 3 is 2.36 bits per heavy atom. The molecule has 112 valence electrons. The summed E-state index contributed by atoms with van der Waals surface area (Å²) in [6.07, 6.45) is 0. The molecule has 0 spiro atoms. The van der Waals surface area contributed by atoms with Crippen LogP contribution in [-0.2, 0) is 0 Å². The quantitative estimate of drug-likeness (QED) is 0.679. The molecule has 0 saturated carbocycles. The molecule has 0 aliphatic carbocycles. The van der Waals surface area contributed by atoms with E-state index in [1.807, 2.05) is 5.38 Å². The van der Waals surface area contributed by atoms with E-state index in [-0.39, 0.29) is 5.82 Å². The molecule has 2 aromatic carbocycles. The summed E-state index contributed by atoms with van der Waals surface area (Å²) in [4.78, 5) is 4.64. The summed E-state index contributed by atoms with van der Waals surface area (Å²) < 4.78 is 12.9. The molecular formula is C18H17FN2S. The van der Waals surface area contributed by atoms with Gasteiger partial charge in [-0.3, -0.25) is 0 Å². The fourth-order valence-corrected chi connectivity index (χ4v) is 3.08.